The lowest BCUT2D eigenvalue weighted by Crippen LogP contribution is -2.49. The summed E-state index contributed by atoms with van der Waals surface area (Å²) in [7, 11) is 0. The van der Waals surface area contributed by atoms with Gasteiger partial charge in [-0.3, -0.25) is 5.10 Å². The molecule has 0 amide bonds. The lowest BCUT2D eigenvalue weighted by Gasteiger charge is -2.55. The molecule has 3 nitrogen and oxygen atoms in total. The van der Waals surface area contributed by atoms with E-state index >= 15 is 0 Å². The molecule has 1 heterocycles. The third-order valence-electron chi connectivity index (χ3n) is 8.18. The van der Waals surface area contributed by atoms with Crippen LogP contribution in [0.4, 0.5) is 0 Å². The summed E-state index contributed by atoms with van der Waals surface area (Å²) in [5.41, 5.74) is 2.93. The van der Waals surface area contributed by atoms with Crippen LogP contribution < -0.4 is 0 Å². The van der Waals surface area contributed by atoms with Gasteiger partial charge in [0, 0.05) is 5.56 Å². The maximum atomic E-state index is 10.7. The van der Waals surface area contributed by atoms with Gasteiger partial charge >= 0.3 is 0 Å². The van der Waals surface area contributed by atoms with E-state index in [4.69, 9.17) is 0 Å². The summed E-state index contributed by atoms with van der Waals surface area (Å²) in [5, 5.41) is 18.1. The van der Waals surface area contributed by atoms with Crippen molar-refractivity contribution < 1.29 is 5.11 Å². The van der Waals surface area contributed by atoms with Crippen LogP contribution in [0.5, 0.6) is 0 Å². The number of hydrogen-bond acceptors (Lipinski definition) is 2. The minimum absolute atomic E-state index is 0.0430. The van der Waals surface area contributed by atoms with Crippen LogP contribution in [0, 0.1) is 29.1 Å². The third-order valence-corrected chi connectivity index (χ3v) is 8.18. The Hall–Kier alpha value is -1.09. The van der Waals surface area contributed by atoms with Gasteiger partial charge in [0.2, 0.25) is 0 Å². The van der Waals surface area contributed by atoms with Crippen molar-refractivity contribution in [1.29, 1.82) is 0 Å². The molecule has 0 radical (unpaired) electrons. The Bertz CT molecular complexity index is 635. The second-order valence-corrected chi connectivity index (χ2v) is 8.51. The number of nitrogens with zero attached hydrogens (tertiary/aromatic N) is 1. The molecule has 3 heteroatoms. The molecule has 1 aromatic rings. The Kier molecular flexibility index (Phi) is 3.07. The van der Waals surface area contributed by atoms with E-state index in [1.54, 1.807) is 0 Å². The van der Waals surface area contributed by atoms with Gasteiger partial charge in [-0.1, -0.05) is 13.0 Å². The molecular formula is C20H28N2O. The van der Waals surface area contributed by atoms with Crippen LogP contribution in [-0.4, -0.2) is 21.4 Å². The van der Waals surface area contributed by atoms with Crippen LogP contribution in [-0.2, 0) is 0 Å². The molecule has 2 N–H and O–H groups in total. The smallest absolute Gasteiger partial charge is 0.0609 e. The summed E-state index contributed by atoms with van der Waals surface area (Å²) in [5.74, 6) is 3.80. The van der Waals surface area contributed by atoms with Crippen molar-refractivity contribution in [2.75, 3.05) is 0 Å². The normalized spacial score (nSPS) is 47.6. The number of fused-ring (bicyclic) bond motifs is 7. The van der Waals surface area contributed by atoms with E-state index in [1.807, 2.05) is 0 Å². The predicted octanol–water partition coefficient (Wildman–Crippen LogP) is 4.12. The molecule has 0 aromatic carbocycles. The fourth-order valence-electron chi connectivity index (χ4n) is 7.11. The first-order chi connectivity index (χ1) is 11.2. The largest absolute Gasteiger partial charge is 0.393 e. The van der Waals surface area contributed by atoms with Crippen molar-refractivity contribution in [2.45, 2.75) is 63.9 Å². The minimum Gasteiger partial charge on any atom is -0.393 e. The van der Waals surface area contributed by atoms with Crippen molar-refractivity contribution in [3.05, 3.63) is 23.5 Å². The first kappa shape index (κ1) is 14.3. The fraction of sp³-hybridized carbons (Fsp3) is 0.750. The number of hydrogen-bond donors (Lipinski definition) is 2. The molecule has 0 spiro atoms. The number of aliphatic hydroxyl groups is 1. The number of aromatic nitrogens is 2. The van der Waals surface area contributed by atoms with Gasteiger partial charge in [-0.05, 0) is 86.0 Å². The van der Waals surface area contributed by atoms with Gasteiger partial charge < -0.3 is 5.11 Å². The first-order valence-corrected chi connectivity index (χ1v) is 9.64. The zero-order chi connectivity index (χ0) is 15.6. The molecule has 1 aromatic heterocycles. The molecule has 0 aliphatic heterocycles. The van der Waals surface area contributed by atoms with Crippen LogP contribution in [0.15, 0.2) is 12.3 Å². The van der Waals surface area contributed by atoms with Gasteiger partial charge in [-0.25, -0.2) is 0 Å². The van der Waals surface area contributed by atoms with Gasteiger partial charge in [0.05, 0.1) is 18.0 Å². The highest BCUT2D eigenvalue weighted by atomic mass is 16.3. The van der Waals surface area contributed by atoms with Gasteiger partial charge in [0.15, 0.2) is 0 Å². The molecule has 5 rings (SSSR count). The van der Waals surface area contributed by atoms with E-state index in [2.05, 4.69) is 35.5 Å². The second-order valence-electron chi connectivity index (χ2n) is 8.51. The van der Waals surface area contributed by atoms with Crippen LogP contribution in [0.2, 0.25) is 0 Å². The fourth-order valence-corrected chi connectivity index (χ4v) is 7.11. The quantitative estimate of drug-likeness (QED) is 0.819. The number of rotatable bonds is 1. The maximum absolute atomic E-state index is 10.7. The van der Waals surface area contributed by atoms with Crippen LogP contribution in [0.25, 0.3) is 6.08 Å². The average Bonchev–Trinajstić information content (AvgIpc) is 3.19. The van der Waals surface area contributed by atoms with E-state index in [0.29, 0.717) is 11.8 Å². The second kappa shape index (κ2) is 4.95. The molecule has 0 bridgehead atoms. The molecule has 4 aliphatic rings. The number of aromatic amines is 1. The average molecular weight is 312 g/mol. The summed E-state index contributed by atoms with van der Waals surface area (Å²) in [4.78, 5) is 0. The van der Waals surface area contributed by atoms with E-state index < -0.39 is 0 Å². The zero-order valence-electron chi connectivity index (χ0n) is 14.0. The summed E-state index contributed by atoms with van der Waals surface area (Å²) in [6.07, 6.45) is 15.4. The standard InChI is InChI=1S/C20H28N2O/c1-2-20-10-9-14-12-5-7-18-16(11-21-22-18)13(12)3-4-15(14)17(20)6-8-19(20)23/h5,7,11-15,17,19,23H,2-4,6,8-10H2,1H3,(H,21,22). The highest BCUT2D eigenvalue weighted by Crippen LogP contribution is 2.63. The Morgan fingerprint density at radius 2 is 2.13 bits per heavy atom. The monoisotopic (exact) mass is 312 g/mol. The van der Waals surface area contributed by atoms with E-state index in [0.717, 1.165) is 30.6 Å². The number of aliphatic hydroxyl groups excluding tert-OH is 1. The van der Waals surface area contributed by atoms with Gasteiger partial charge in [0.1, 0.15) is 0 Å². The van der Waals surface area contributed by atoms with E-state index in [1.165, 1.54) is 43.4 Å². The highest BCUT2D eigenvalue weighted by Gasteiger charge is 2.57. The SMILES string of the molecule is CCC12CCC3C4C=Cc5[nH]ncc5C4CCC3C1CCC2O. The van der Waals surface area contributed by atoms with Gasteiger partial charge in [0.25, 0.3) is 0 Å². The van der Waals surface area contributed by atoms with E-state index in [-0.39, 0.29) is 11.5 Å². The molecule has 3 fully saturated rings. The van der Waals surface area contributed by atoms with E-state index in [9.17, 15) is 5.11 Å². The molecule has 7 atom stereocenters. The minimum atomic E-state index is -0.0430. The first-order valence-electron chi connectivity index (χ1n) is 9.64. The van der Waals surface area contributed by atoms with Crippen molar-refractivity contribution in [3.63, 3.8) is 0 Å². The molecule has 3 saturated carbocycles. The molecular weight excluding hydrogens is 284 g/mol. The summed E-state index contributed by atoms with van der Waals surface area (Å²) in [6.45, 7) is 2.31. The Morgan fingerprint density at radius 3 is 3.00 bits per heavy atom. The molecule has 23 heavy (non-hydrogen) atoms. The van der Waals surface area contributed by atoms with Crippen LogP contribution in [0.1, 0.15) is 69.0 Å². The van der Waals surface area contributed by atoms with Crippen molar-refractivity contribution >= 4 is 6.08 Å². The molecule has 7 unspecified atom stereocenters. The Balaban J connectivity index is 1.48. The molecule has 124 valence electrons. The Morgan fingerprint density at radius 1 is 1.22 bits per heavy atom. The zero-order valence-corrected chi connectivity index (χ0v) is 14.0. The van der Waals surface area contributed by atoms with Crippen molar-refractivity contribution in [2.24, 2.45) is 29.1 Å². The molecule has 0 saturated heterocycles. The van der Waals surface area contributed by atoms with Gasteiger partial charge in [-0.2, -0.15) is 5.10 Å². The van der Waals surface area contributed by atoms with Crippen molar-refractivity contribution in [1.82, 2.24) is 10.2 Å². The summed E-state index contributed by atoms with van der Waals surface area (Å²) < 4.78 is 0. The van der Waals surface area contributed by atoms with Crippen molar-refractivity contribution in [3.8, 4) is 0 Å². The lowest BCUT2D eigenvalue weighted by molar-refractivity contribution is -0.0719. The maximum Gasteiger partial charge on any atom is 0.0609 e. The lowest BCUT2D eigenvalue weighted by atomic mass is 9.50. The third kappa shape index (κ3) is 1.77. The molecule has 4 aliphatic carbocycles. The summed E-state index contributed by atoms with van der Waals surface area (Å²) >= 11 is 0. The summed E-state index contributed by atoms with van der Waals surface area (Å²) in [6, 6.07) is 0. The van der Waals surface area contributed by atoms with Crippen LogP contribution in [0.3, 0.4) is 0 Å². The highest BCUT2D eigenvalue weighted by molar-refractivity contribution is 5.54. The number of H-pyrrole nitrogens is 1. The Labute approximate surface area is 138 Å². The van der Waals surface area contributed by atoms with Crippen LogP contribution >= 0.6 is 0 Å². The number of allylic oxidation sites excluding steroid dienone is 1. The predicted molar refractivity (Wildman–Crippen MR) is 90.8 cm³/mol. The van der Waals surface area contributed by atoms with Gasteiger partial charge in [-0.15, -0.1) is 0 Å². The number of nitrogens with one attached hydrogen (secondary N) is 1. The topological polar surface area (TPSA) is 48.9 Å².